The first-order valence-corrected chi connectivity index (χ1v) is 7.39. The van der Waals surface area contributed by atoms with Crippen LogP contribution in [0.5, 0.6) is 0 Å². The first kappa shape index (κ1) is 16.2. The lowest BCUT2D eigenvalue weighted by molar-refractivity contribution is 0.116. The number of aliphatic hydroxyl groups excluding tert-OH is 1. The Morgan fingerprint density at radius 2 is 2.05 bits per heavy atom. The summed E-state index contributed by atoms with van der Waals surface area (Å²) in [5, 5.41) is 15.4. The van der Waals surface area contributed by atoms with Gasteiger partial charge in [-0.2, -0.15) is 0 Å². The van der Waals surface area contributed by atoms with Crippen LogP contribution in [0, 0.1) is 0 Å². The van der Waals surface area contributed by atoms with Gasteiger partial charge in [-0.3, -0.25) is 0 Å². The third kappa shape index (κ3) is 6.78. The Kier molecular flexibility index (Phi) is 7.82. The Morgan fingerprint density at radius 3 is 2.63 bits per heavy atom. The van der Waals surface area contributed by atoms with Gasteiger partial charge in [-0.25, -0.2) is 4.79 Å². The van der Waals surface area contributed by atoms with Crippen molar-refractivity contribution in [2.24, 2.45) is 0 Å². The monoisotopic (exact) mass is 272 g/mol. The maximum absolute atomic E-state index is 11.9. The first-order valence-electron chi connectivity index (χ1n) is 7.39. The molecule has 19 heavy (non-hydrogen) atoms. The van der Waals surface area contributed by atoms with E-state index in [1.54, 1.807) is 7.11 Å². The van der Waals surface area contributed by atoms with Crippen molar-refractivity contribution in [1.82, 2.24) is 10.6 Å². The third-order valence-electron chi connectivity index (χ3n) is 3.64. The van der Waals surface area contributed by atoms with Crippen molar-refractivity contribution >= 4 is 6.03 Å². The summed E-state index contributed by atoms with van der Waals surface area (Å²) in [7, 11) is 1.65. The molecule has 5 heteroatoms. The molecule has 1 unspecified atom stereocenters. The SMILES string of the molecule is CCCCC(COC)NC(=O)NC1CCC(O)CC1. The number of nitrogens with one attached hydrogen (secondary N) is 2. The second kappa shape index (κ2) is 9.15. The Morgan fingerprint density at radius 1 is 1.37 bits per heavy atom. The molecule has 0 saturated heterocycles. The van der Waals surface area contributed by atoms with Crippen molar-refractivity contribution in [3.8, 4) is 0 Å². The molecule has 0 aromatic carbocycles. The number of rotatable bonds is 7. The second-order valence-electron chi connectivity index (χ2n) is 5.42. The molecule has 1 fully saturated rings. The lowest BCUT2D eigenvalue weighted by Crippen LogP contribution is -2.48. The zero-order valence-corrected chi connectivity index (χ0v) is 12.2. The number of hydrogen-bond donors (Lipinski definition) is 3. The van der Waals surface area contributed by atoms with Crippen LogP contribution in [-0.2, 0) is 4.74 Å². The zero-order chi connectivity index (χ0) is 14.1. The fourth-order valence-electron chi connectivity index (χ4n) is 2.48. The number of urea groups is 1. The smallest absolute Gasteiger partial charge is 0.315 e. The van der Waals surface area contributed by atoms with E-state index in [0.717, 1.165) is 44.9 Å². The summed E-state index contributed by atoms with van der Waals surface area (Å²) in [6.07, 6.45) is 6.24. The van der Waals surface area contributed by atoms with E-state index in [4.69, 9.17) is 4.74 Å². The van der Waals surface area contributed by atoms with Gasteiger partial charge in [-0.15, -0.1) is 0 Å². The number of ether oxygens (including phenoxy) is 1. The number of carbonyl (C=O) groups excluding carboxylic acids is 1. The highest BCUT2D eigenvalue weighted by Crippen LogP contribution is 2.18. The maximum Gasteiger partial charge on any atom is 0.315 e. The number of unbranched alkanes of at least 4 members (excludes halogenated alkanes) is 1. The first-order chi connectivity index (χ1) is 9.15. The quantitative estimate of drug-likeness (QED) is 0.662. The van der Waals surface area contributed by atoms with Crippen molar-refractivity contribution in [1.29, 1.82) is 0 Å². The fraction of sp³-hybridized carbons (Fsp3) is 0.929. The van der Waals surface area contributed by atoms with Crippen molar-refractivity contribution in [3.63, 3.8) is 0 Å². The number of hydrogen-bond acceptors (Lipinski definition) is 3. The molecule has 0 aliphatic heterocycles. The van der Waals surface area contributed by atoms with Crippen molar-refractivity contribution in [2.75, 3.05) is 13.7 Å². The van der Waals surface area contributed by atoms with E-state index < -0.39 is 0 Å². The van der Waals surface area contributed by atoms with E-state index in [1.165, 1.54) is 0 Å². The van der Waals surface area contributed by atoms with Gasteiger partial charge in [0.15, 0.2) is 0 Å². The number of aliphatic hydroxyl groups is 1. The van der Waals surface area contributed by atoms with Crippen LogP contribution < -0.4 is 10.6 Å². The summed E-state index contributed by atoms with van der Waals surface area (Å²) < 4.78 is 5.13. The van der Waals surface area contributed by atoms with E-state index in [2.05, 4.69) is 17.6 Å². The zero-order valence-electron chi connectivity index (χ0n) is 12.2. The predicted molar refractivity (Wildman–Crippen MR) is 75.1 cm³/mol. The average molecular weight is 272 g/mol. The molecule has 3 N–H and O–H groups in total. The highest BCUT2D eigenvalue weighted by atomic mass is 16.5. The van der Waals surface area contributed by atoms with Gasteiger partial charge >= 0.3 is 6.03 Å². The minimum Gasteiger partial charge on any atom is -0.393 e. The van der Waals surface area contributed by atoms with Gasteiger partial charge in [-0.05, 0) is 32.1 Å². The molecule has 0 radical (unpaired) electrons. The minimum absolute atomic E-state index is 0.0825. The van der Waals surface area contributed by atoms with Crippen LogP contribution in [0.15, 0.2) is 0 Å². The van der Waals surface area contributed by atoms with Crippen LogP contribution in [0.2, 0.25) is 0 Å². The second-order valence-corrected chi connectivity index (χ2v) is 5.42. The summed E-state index contributed by atoms with van der Waals surface area (Å²) in [5.74, 6) is 0. The van der Waals surface area contributed by atoms with E-state index in [9.17, 15) is 9.90 Å². The molecule has 2 amide bonds. The lowest BCUT2D eigenvalue weighted by Gasteiger charge is -2.27. The Hall–Kier alpha value is -0.810. The van der Waals surface area contributed by atoms with Gasteiger partial charge < -0.3 is 20.5 Å². The maximum atomic E-state index is 11.9. The van der Waals surface area contributed by atoms with Gasteiger partial charge in [0.2, 0.25) is 0 Å². The molecule has 0 aromatic heterocycles. The molecule has 0 heterocycles. The molecular weight excluding hydrogens is 244 g/mol. The van der Waals surface area contributed by atoms with Gasteiger partial charge in [0.05, 0.1) is 18.8 Å². The van der Waals surface area contributed by atoms with Crippen LogP contribution in [0.3, 0.4) is 0 Å². The summed E-state index contributed by atoms with van der Waals surface area (Å²) in [6.45, 7) is 2.69. The molecule has 1 atom stereocenters. The number of carbonyl (C=O) groups is 1. The van der Waals surface area contributed by atoms with Crippen molar-refractivity contribution in [3.05, 3.63) is 0 Å². The third-order valence-corrected chi connectivity index (χ3v) is 3.64. The summed E-state index contributed by atoms with van der Waals surface area (Å²) in [5.41, 5.74) is 0. The molecule has 1 rings (SSSR count). The van der Waals surface area contributed by atoms with E-state index in [-0.39, 0.29) is 24.2 Å². The van der Waals surface area contributed by atoms with Crippen molar-refractivity contribution in [2.45, 2.75) is 70.1 Å². The fourth-order valence-corrected chi connectivity index (χ4v) is 2.48. The molecule has 0 bridgehead atoms. The largest absolute Gasteiger partial charge is 0.393 e. The predicted octanol–water partition coefficient (Wildman–Crippen LogP) is 1.79. The number of methoxy groups -OCH3 is 1. The summed E-state index contributed by atoms with van der Waals surface area (Å²) in [4.78, 5) is 11.9. The Labute approximate surface area is 116 Å². The molecular formula is C14H28N2O3. The van der Waals surface area contributed by atoms with Crippen LogP contribution in [-0.4, -0.2) is 43.0 Å². The summed E-state index contributed by atoms with van der Waals surface area (Å²) in [6, 6.07) is 0.163. The molecule has 1 aliphatic rings. The molecule has 1 aliphatic carbocycles. The van der Waals surface area contributed by atoms with Crippen LogP contribution >= 0.6 is 0 Å². The lowest BCUT2D eigenvalue weighted by atomic mass is 9.93. The summed E-state index contributed by atoms with van der Waals surface area (Å²) >= 11 is 0. The average Bonchev–Trinajstić information content (AvgIpc) is 2.39. The van der Waals surface area contributed by atoms with Crippen molar-refractivity contribution < 1.29 is 14.6 Å². The highest BCUT2D eigenvalue weighted by Gasteiger charge is 2.21. The highest BCUT2D eigenvalue weighted by molar-refractivity contribution is 5.74. The normalized spacial score (nSPS) is 24.8. The van der Waals surface area contributed by atoms with E-state index in [1.807, 2.05) is 0 Å². The van der Waals surface area contributed by atoms with Crippen LogP contribution in [0.25, 0.3) is 0 Å². The van der Waals surface area contributed by atoms with E-state index in [0.29, 0.717) is 6.61 Å². The molecule has 0 aromatic rings. The van der Waals surface area contributed by atoms with Crippen LogP contribution in [0.1, 0.15) is 51.9 Å². The molecule has 1 saturated carbocycles. The minimum atomic E-state index is -0.188. The van der Waals surface area contributed by atoms with Gasteiger partial charge in [-0.1, -0.05) is 19.8 Å². The van der Waals surface area contributed by atoms with Gasteiger partial charge in [0.25, 0.3) is 0 Å². The van der Waals surface area contributed by atoms with Gasteiger partial charge in [0.1, 0.15) is 0 Å². The molecule has 112 valence electrons. The number of amides is 2. The molecule has 0 spiro atoms. The van der Waals surface area contributed by atoms with Crippen LogP contribution in [0.4, 0.5) is 4.79 Å². The van der Waals surface area contributed by atoms with Gasteiger partial charge in [0, 0.05) is 13.2 Å². The topological polar surface area (TPSA) is 70.6 Å². The van der Waals surface area contributed by atoms with E-state index >= 15 is 0 Å². The standard InChI is InChI=1S/C14H28N2O3/c1-3-4-5-12(10-19-2)16-14(18)15-11-6-8-13(17)9-7-11/h11-13,17H,3-10H2,1-2H3,(H2,15,16,18). The molecule has 5 nitrogen and oxygen atoms in total. The Balaban J connectivity index is 2.27. The Bertz CT molecular complexity index is 253.